The molecule has 0 radical (unpaired) electrons. The van der Waals surface area contributed by atoms with Gasteiger partial charge in [0.05, 0.1) is 13.7 Å². The fourth-order valence-electron chi connectivity index (χ4n) is 1.94. The first-order valence-corrected chi connectivity index (χ1v) is 11.8. The highest BCUT2D eigenvalue weighted by atomic mass is 32.2. The summed E-state index contributed by atoms with van der Waals surface area (Å²) in [4.78, 5) is 1.29. The van der Waals surface area contributed by atoms with Gasteiger partial charge < -0.3 is 5.11 Å². The lowest BCUT2D eigenvalue weighted by Gasteiger charge is -2.26. The van der Waals surface area contributed by atoms with Gasteiger partial charge in [0.1, 0.15) is 0 Å². The Balaban J connectivity index is 2.91. The molecule has 0 atom stereocenters. The first-order valence-electron chi connectivity index (χ1n) is 7.46. The van der Waals surface area contributed by atoms with Crippen molar-refractivity contribution in [3.8, 4) is 0 Å². The van der Waals surface area contributed by atoms with Crippen LogP contribution in [0.5, 0.6) is 0 Å². The second kappa shape index (κ2) is 7.48. The van der Waals surface area contributed by atoms with Gasteiger partial charge in [-0.05, 0) is 35.9 Å². The minimum Gasteiger partial charge on any atom is -0.390 e. The number of rotatable bonds is 7. The molecule has 0 aliphatic carbocycles. The summed E-state index contributed by atoms with van der Waals surface area (Å²) < 4.78 is 1.46. The molecule has 0 fully saturated rings. The number of thioether (sulfide) groups is 1. The molecule has 0 aliphatic heterocycles. The lowest BCUT2D eigenvalue weighted by molar-refractivity contribution is 0.0353. The van der Waals surface area contributed by atoms with E-state index in [9.17, 15) is 5.11 Å². The maximum atomic E-state index is 10.5. The van der Waals surface area contributed by atoms with Crippen LogP contribution in [0.1, 0.15) is 33.1 Å². The van der Waals surface area contributed by atoms with Crippen LogP contribution in [0.3, 0.4) is 0 Å². The zero-order valence-electron chi connectivity index (χ0n) is 13.4. The van der Waals surface area contributed by atoms with Crippen LogP contribution in [0.4, 0.5) is 0 Å². The van der Waals surface area contributed by atoms with E-state index in [1.165, 1.54) is 9.42 Å². The van der Waals surface area contributed by atoms with Crippen LogP contribution < -0.4 is 0 Å². The summed E-state index contributed by atoms with van der Waals surface area (Å²) in [6.45, 7) is 11.2. The van der Waals surface area contributed by atoms with Crippen molar-refractivity contribution in [2.75, 3.05) is 0 Å². The molecule has 0 aliphatic rings. The Labute approximate surface area is 129 Å². The van der Waals surface area contributed by atoms with E-state index in [1.807, 2.05) is 11.8 Å². The molecule has 0 aromatic heterocycles. The van der Waals surface area contributed by atoms with Crippen molar-refractivity contribution in [2.45, 2.75) is 63.2 Å². The van der Waals surface area contributed by atoms with Gasteiger partial charge in [0.15, 0.2) is 0 Å². The standard InChI is InChI=1S/C17H28OSSi/c1-6-17(18,7-2)14-13-16(20(3,4)5)19-15-11-9-8-10-12-15/h8-13,18H,6-7,14H2,1-5H3/b16-13-. The van der Waals surface area contributed by atoms with Crippen LogP contribution in [0.2, 0.25) is 19.6 Å². The zero-order chi connectivity index (χ0) is 15.2. The predicted octanol–water partition coefficient (Wildman–Crippen LogP) is 5.48. The van der Waals surface area contributed by atoms with Gasteiger partial charge >= 0.3 is 0 Å². The Morgan fingerprint density at radius 3 is 2.15 bits per heavy atom. The van der Waals surface area contributed by atoms with E-state index >= 15 is 0 Å². The summed E-state index contributed by atoms with van der Waals surface area (Å²) in [6.07, 6.45) is 4.68. The Morgan fingerprint density at radius 1 is 1.15 bits per heavy atom. The Morgan fingerprint density at radius 2 is 1.70 bits per heavy atom. The van der Waals surface area contributed by atoms with Crippen molar-refractivity contribution < 1.29 is 5.11 Å². The number of benzene rings is 1. The Kier molecular flexibility index (Phi) is 6.56. The van der Waals surface area contributed by atoms with E-state index in [1.54, 1.807) is 0 Å². The fraction of sp³-hybridized carbons (Fsp3) is 0.529. The van der Waals surface area contributed by atoms with Crippen molar-refractivity contribution in [3.05, 3.63) is 40.9 Å². The highest BCUT2D eigenvalue weighted by Crippen LogP contribution is 2.35. The second-order valence-electron chi connectivity index (χ2n) is 6.37. The molecule has 0 saturated heterocycles. The molecule has 0 unspecified atom stereocenters. The molecule has 1 aromatic rings. The molecule has 0 bridgehead atoms. The molecular weight excluding hydrogens is 280 g/mol. The number of hydrogen-bond acceptors (Lipinski definition) is 2. The molecule has 3 heteroatoms. The molecule has 0 amide bonds. The van der Waals surface area contributed by atoms with Crippen molar-refractivity contribution in [2.24, 2.45) is 0 Å². The van der Waals surface area contributed by atoms with Crippen LogP contribution in [-0.2, 0) is 0 Å². The minimum atomic E-state index is -1.38. The smallest absolute Gasteiger partial charge is 0.0857 e. The third-order valence-electron chi connectivity index (χ3n) is 3.69. The van der Waals surface area contributed by atoms with Gasteiger partial charge in [-0.25, -0.2) is 0 Å². The number of hydrogen-bond donors (Lipinski definition) is 1. The normalized spacial score (nSPS) is 13.6. The average molecular weight is 309 g/mol. The van der Waals surface area contributed by atoms with E-state index < -0.39 is 13.7 Å². The third-order valence-corrected chi connectivity index (χ3v) is 8.41. The average Bonchev–Trinajstić information content (AvgIpc) is 2.43. The SMILES string of the molecule is CCC(O)(CC)C/C=C(/Sc1ccccc1)[Si](C)(C)C. The topological polar surface area (TPSA) is 20.2 Å². The fourth-order valence-corrected chi connectivity index (χ4v) is 4.94. The van der Waals surface area contributed by atoms with Crippen LogP contribution in [0.15, 0.2) is 45.8 Å². The monoisotopic (exact) mass is 308 g/mol. The highest BCUT2D eigenvalue weighted by molar-refractivity contribution is 8.05. The first-order chi connectivity index (χ1) is 9.30. The molecular formula is C17H28OSSi. The summed E-state index contributed by atoms with van der Waals surface area (Å²) in [5, 5.41) is 10.5. The maximum absolute atomic E-state index is 10.5. The first kappa shape index (κ1) is 17.5. The molecule has 0 heterocycles. The molecule has 1 N–H and O–H groups in total. The molecule has 0 spiro atoms. The summed E-state index contributed by atoms with van der Waals surface area (Å²) in [6, 6.07) is 10.5. The number of aliphatic hydroxyl groups is 1. The molecule has 112 valence electrons. The van der Waals surface area contributed by atoms with Gasteiger partial charge in [-0.15, -0.1) is 0 Å². The maximum Gasteiger partial charge on any atom is 0.0857 e. The van der Waals surface area contributed by atoms with E-state index in [-0.39, 0.29) is 0 Å². The van der Waals surface area contributed by atoms with Gasteiger partial charge in [0.25, 0.3) is 0 Å². The van der Waals surface area contributed by atoms with E-state index in [4.69, 9.17) is 0 Å². The summed E-state index contributed by atoms with van der Waals surface area (Å²) in [5.41, 5.74) is -0.540. The molecule has 1 nitrogen and oxygen atoms in total. The lowest BCUT2D eigenvalue weighted by Crippen LogP contribution is -2.27. The summed E-state index contributed by atoms with van der Waals surface area (Å²) in [5.74, 6) is 0. The molecule has 0 saturated carbocycles. The third kappa shape index (κ3) is 5.47. The van der Waals surface area contributed by atoms with Crippen molar-refractivity contribution in [3.63, 3.8) is 0 Å². The van der Waals surface area contributed by atoms with Crippen LogP contribution in [-0.4, -0.2) is 18.8 Å². The predicted molar refractivity (Wildman–Crippen MR) is 93.9 cm³/mol. The van der Waals surface area contributed by atoms with Gasteiger partial charge in [-0.2, -0.15) is 0 Å². The molecule has 20 heavy (non-hydrogen) atoms. The van der Waals surface area contributed by atoms with Gasteiger partial charge in [-0.1, -0.05) is 69.5 Å². The van der Waals surface area contributed by atoms with E-state index in [0.29, 0.717) is 0 Å². The van der Waals surface area contributed by atoms with E-state index in [0.717, 1.165) is 19.3 Å². The summed E-state index contributed by atoms with van der Waals surface area (Å²) >= 11 is 1.87. The largest absolute Gasteiger partial charge is 0.390 e. The van der Waals surface area contributed by atoms with E-state index in [2.05, 4.69) is 69.9 Å². The zero-order valence-corrected chi connectivity index (χ0v) is 15.3. The highest BCUT2D eigenvalue weighted by Gasteiger charge is 2.24. The molecule has 1 rings (SSSR count). The van der Waals surface area contributed by atoms with Crippen molar-refractivity contribution in [1.29, 1.82) is 0 Å². The van der Waals surface area contributed by atoms with Crippen molar-refractivity contribution >= 4 is 19.8 Å². The summed E-state index contributed by atoms with van der Waals surface area (Å²) in [7, 11) is -1.38. The van der Waals surface area contributed by atoms with Gasteiger partial charge in [0.2, 0.25) is 0 Å². The Hall–Kier alpha value is -0.513. The van der Waals surface area contributed by atoms with Crippen LogP contribution >= 0.6 is 11.8 Å². The lowest BCUT2D eigenvalue weighted by atomic mass is 9.94. The Bertz CT molecular complexity index is 430. The quantitative estimate of drug-likeness (QED) is 0.531. The second-order valence-corrected chi connectivity index (χ2v) is 12.9. The van der Waals surface area contributed by atoms with Gasteiger partial charge in [0, 0.05) is 4.90 Å². The minimum absolute atomic E-state index is 0.540. The van der Waals surface area contributed by atoms with Crippen LogP contribution in [0, 0.1) is 0 Å². The van der Waals surface area contributed by atoms with Gasteiger partial charge in [-0.3, -0.25) is 0 Å². The molecule has 1 aromatic carbocycles. The van der Waals surface area contributed by atoms with Crippen LogP contribution in [0.25, 0.3) is 0 Å². The van der Waals surface area contributed by atoms with Crippen molar-refractivity contribution in [1.82, 2.24) is 0 Å².